The van der Waals surface area contributed by atoms with Gasteiger partial charge in [0.2, 0.25) is 11.3 Å². The molecule has 0 aliphatic heterocycles. The van der Waals surface area contributed by atoms with Crippen LogP contribution in [-0.4, -0.2) is 16.0 Å². The van der Waals surface area contributed by atoms with Gasteiger partial charge in [-0.1, -0.05) is 30.3 Å². The number of aromatic hydroxyl groups is 2. The SMILES string of the molecule is O=C(c1ccccc1)c1cc2oc(=O)c3ccc(cc3)c(=O)oc2c(O)c1O. The normalized spacial score (nSPS) is 10.9. The number of hydrogen-bond donors (Lipinski definition) is 2. The Morgan fingerprint density at radius 3 is 1.93 bits per heavy atom. The van der Waals surface area contributed by atoms with Gasteiger partial charge in [0.1, 0.15) is 0 Å². The van der Waals surface area contributed by atoms with Crippen LogP contribution in [0.25, 0.3) is 21.9 Å². The summed E-state index contributed by atoms with van der Waals surface area (Å²) in [7, 11) is 0. The van der Waals surface area contributed by atoms with Crippen LogP contribution >= 0.6 is 0 Å². The van der Waals surface area contributed by atoms with Gasteiger partial charge in [-0.15, -0.1) is 0 Å². The van der Waals surface area contributed by atoms with Crippen molar-refractivity contribution in [2.45, 2.75) is 0 Å². The van der Waals surface area contributed by atoms with Crippen molar-refractivity contribution in [3.63, 3.8) is 0 Å². The smallest absolute Gasteiger partial charge is 0.343 e. The first-order chi connectivity index (χ1) is 13.5. The number of carbonyl (C=O) groups excluding carboxylic acids is 1. The second kappa shape index (κ2) is 6.55. The molecule has 138 valence electrons. The van der Waals surface area contributed by atoms with Crippen LogP contribution in [-0.2, 0) is 0 Å². The summed E-state index contributed by atoms with van der Waals surface area (Å²) in [5.74, 6) is -2.28. The first-order valence-electron chi connectivity index (χ1n) is 8.19. The maximum Gasteiger partial charge on any atom is 0.343 e. The van der Waals surface area contributed by atoms with E-state index in [9.17, 15) is 24.6 Å². The predicted octanol–water partition coefficient (Wildman–Crippen LogP) is 3.10. The van der Waals surface area contributed by atoms with Gasteiger partial charge in [-0.2, -0.15) is 0 Å². The molecule has 28 heavy (non-hydrogen) atoms. The Labute approximate surface area is 156 Å². The van der Waals surface area contributed by atoms with Gasteiger partial charge in [0.05, 0.1) is 16.3 Å². The molecule has 7 heteroatoms. The van der Waals surface area contributed by atoms with Crippen LogP contribution in [0, 0.1) is 0 Å². The third kappa shape index (κ3) is 2.84. The van der Waals surface area contributed by atoms with Crippen LogP contribution in [0.5, 0.6) is 11.5 Å². The second-order valence-electron chi connectivity index (χ2n) is 6.00. The number of carbonyl (C=O) groups is 1. The standard InChI is InChI=1S/C21H12O7/c22-16(11-4-2-1-3-5-11)14-10-15-19(18(24)17(14)23)28-21(26)13-8-6-12(7-9-13)20(25)27-15/h1-10,23-24H. The predicted molar refractivity (Wildman–Crippen MR) is 101 cm³/mol. The average molecular weight is 376 g/mol. The van der Waals surface area contributed by atoms with E-state index in [-0.39, 0.29) is 27.5 Å². The van der Waals surface area contributed by atoms with Crippen LogP contribution < -0.4 is 11.3 Å². The quantitative estimate of drug-likeness (QED) is 0.408. The highest BCUT2D eigenvalue weighted by Crippen LogP contribution is 2.37. The Morgan fingerprint density at radius 1 is 0.750 bits per heavy atom. The summed E-state index contributed by atoms with van der Waals surface area (Å²) in [6.45, 7) is 0. The molecule has 0 saturated heterocycles. The van der Waals surface area contributed by atoms with Gasteiger partial charge in [-0.3, -0.25) is 4.79 Å². The van der Waals surface area contributed by atoms with Crippen LogP contribution in [0.15, 0.2) is 79.1 Å². The van der Waals surface area contributed by atoms with Crippen molar-refractivity contribution >= 4 is 27.7 Å². The van der Waals surface area contributed by atoms with E-state index in [0.717, 1.165) is 6.07 Å². The second-order valence-corrected chi connectivity index (χ2v) is 6.00. The van der Waals surface area contributed by atoms with E-state index in [0.29, 0.717) is 0 Å². The van der Waals surface area contributed by atoms with Crippen molar-refractivity contribution in [1.82, 2.24) is 0 Å². The summed E-state index contributed by atoms with van der Waals surface area (Å²) >= 11 is 0. The summed E-state index contributed by atoms with van der Waals surface area (Å²) in [4.78, 5) is 37.3. The topological polar surface area (TPSA) is 118 Å². The molecule has 0 spiro atoms. The van der Waals surface area contributed by atoms with Gasteiger partial charge in [0.15, 0.2) is 17.1 Å². The molecule has 7 nitrogen and oxygen atoms in total. The number of phenols is 2. The highest BCUT2D eigenvalue weighted by Gasteiger charge is 2.21. The molecule has 3 aromatic carbocycles. The van der Waals surface area contributed by atoms with Crippen LogP contribution in [0.3, 0.4) is 0 Å². The van der Waals surface area contributed by atoms with Crippen LogP contribution in [0.4, 0.5) is 0 Å². The largest absolute Gasteiger partial charge is 0.504 e. The van der Waals surface area contributed by atoms with Gasteiger partial charge >= 0.3 is 11.3 Å². The molecular formula is C21H12O7. The zero-order valence-corrected chi connectivity index (χ0v) is 14.2. The molecular weight excluding hydrogens is 364 g/mol. The summed E-state index contributed by atoms with van der Waals surface area (Å²) in [6, 6.07) is 14.6. The lowest BCUT2D eigenvalue weighted by molar-refractivity contribution is 0.103. The van der Waals surface area contributed by atoms with Crippen molar-refractivity contribution in [2.24, 2.45) is 0 Å². The Hall–Kier alpha value is -4.13. The minimum absolute atomic E-state index is 0.132. The van der Waals surface area contributed by atoms with E-state index in [2.05, 4.69) is 0 Å². The summed E-state index contributed by atoms with van der Waals surface area (Å²) < 4.78 is 10.3. The minimum atomic E-state index is -0.882. The van der Waals surface area contributed by atoms with Gasteiger partial charge in [-0.05, 0) is 24.3 Å². The number of phenolic OH excluding ortho intramolecular Hbond substituents is 2. The number of rotatable bonds is 2. The highest BCUT2D eigenvalue weighted by atomic mass is 16.4. The van der Waals surface area contributed by atoms with E-state index in [1.807, 2.05) is 0 Å². The highest BCUT2D eigenvalue weighted by molar-refractivity contribution is 6.12. The lowest BCUT2D eigenvalue weighted by Crippen LogP contribution is -2.04. The minimum Gasteiger partial charge on any atom is -0.504 e. The maximum atomic E-state index is 12.7. The monoisotopic (exact) mass is 376 g/mol. The molecule has 0 unspecified atom stereocenters. The Balaban J connectivity index is 2.12. The van der Waals surface area contributed by atoms with Crippen molar-refractivity contribution in [2.75, 3.05) is 0 Å². The summed E-state index contributed by atoms with van der Waals surface area (Å²) in [5, 5.41) is 21.0. The van der Waals surface area contributed by atoms with Gasteiger partial charge < -0.3 is 19.0 Å². The van der Waals surface area contributed by atoms with Crippen molar-refractivity contribution in [3.8, 4) is 11.5 Å². The molecule has 5 aromatic rings. The fourth-order valence-corrected chi connectivity index (χ4v) is 2.76. The molecule has 2 bridgehead atoms. The molecule has 0 saturated carbocycles. The number of benzene rings is 3. The maximum absolute atomic E-state index is 12.7. The van der Waals surface area contributed by atoms with E-state index in [4.69, 9.17) is 8.83 Å². The molecule has 0 radical (unpaired) electrons. The summed E-state index contributed by atoms with van der Waals surface area (Å²) in [5.41, 5.74) is -2.60. The zero-order chi connectivity index (χ0) is 19.8. The van der Waals surface area contributed by atoms with E-state index in [1.165, 1.54) is 36.4 Å². The van der Waals surface area contributed by atoms with Crippen molar-refractivity contribution in [1.29, 1.82) is 0 Å². The number of hydrogen-bond acceptors (Lipinski definition) is 7. The first-order valence-corrected chi connectivity index (χ1v) is 8.19. The molecule has 2 aromatic heterocycles. The molecule has 0 aliphatic rings. The fraction of sp³-hybridized carbons (Fsp3) is 0. The van der Waals surface area contributed by atoms with Gasteiger partial charge in [0, 0.05) is 11.6 Å². The van der Waals surface area contributed by atoms with E-state index < -0.39 is 34.1 Å². The number of fused-ring (bicyclic) bond motifs is 4. The molecule has 0 aliphatic carbocycles. The van der Waals surface area contributed by atoms with Crippen LogP contribution in [0.1, 0.15) is 15.9 Å². The third-order valence-electron chi connectivity index (χ3n) is 4.23. The molecule has 0 atom stereocenters. The Bertz CT molecular complexity index is 1360. The first kappa shape index (κ1) is 17.3. The molecule has 2 heterocycles. The molecule has 0 fully saturated rings. The molecule has 0 amide bonds. The van der Waals surface area contributed by atoms with Gasteiger partial charge in [-0.25, -0.2) is 9.59 Å². The lowest BCUT2D eigenvalue weighted by atomic mass is 10.0. The third-order valence-corrected chi connectivity index (χ3v) is 4.23. The average Bonchev–Trinajstić information content (AvgIpc) is 2.73. The molecule has 5 rings (SSSR count). The lowest BCUT2D eigenvalue weighted by Gasteiger charge is -2.07. The Morgan fingerprint density at radius 2 is 1.32 bits per heavy atom. The van der Waals surface area contributed by atoms with E-state index >= 15 is 0 Å². The number of ketones is 1. The van der Waals surface area contributed by atoms with Gasteiger partial charge in [0.25, 0.3) is 0 Å². The fourth-order valence-electron chi connectivity index (χ4n) is 2.76. The molecule has 2 N–H and O–H groups in total. The van der Waals surface area contributed by atoms with Crippen molar-refractivity contribution < 1.29 is 23.8 Å². The van der Waals surface area contributed by atoms with Crippen molar-refractivity contribution in [3.05, 3.63) is 92.6 Å². The van der Waals surface area contributed by atoms with Crippen LogP contribution in [0.2, 0.25) is 0 Å². The van der Waals surface area contributed by atoms with E-state index in [1.54, 1.807) is 18.2 Å². The Kier molecular flexibility index (Phi) is 4.04. The zero-order valence-electron chi connectivity index (χ0n) is 14.2. The summed E-state index contributed by atoms with van der Waals surface area (Å²) in [6.07, 6.45) is 0.